The van der Waals surface area contributed by atoms with E-state index in [4.69, 9.17) is 11.6 Å². The van der Waals surface area contributed by atoms with Gasteiger partial charge in [-0.15, -0.1) is 24.0 Å². The van der Waals surface area contributed by atoms with Gasteiger partial charge in [-0.3, -0.25) is 4.99 Å². The summed E-state index contributed by atoms with van der Waals surface area (Å²) < 4.78 is 38.2. The van der Waals surface area contributed by atoms with Crippen molar-refractivity contribution in [2.75, 3.05) is 19.3 Å². The average molecular weight is 526 g/mol. The number of guanidine groups is 1. The smallest absolute Gasteiger partial charge is 0.191 e. The van der Waals surface area contributed by atoms with E-state index in [1.165, 1.54) is 18.2 Å². The van der Waals surface area contributed by atoms with Crippen LogP contribution in [0.1, 0.15) is 18.5 Å². The van der Waals surface area contributed by atoms with Crippen LogP contribution in [0.5, 0.6) is 0 Å². The molecule has 1 atom stereocenters. The Labute approximate surface area is 181 Å². The summed E-state index contributed by atoms with van der Waals surface area (Å²) in [6.45, 7) is 2.01. The van der Waals surface area contributed by atoms with Gasteiger partial charge in [0.2, 0.25) is 0 Å². The van der Waals surface area contributed by atoms with Gasteiger partial charge in [0.05, 0.1) is 11.8 Å². The second kappa shape index (κ2) is 10.8. The molecule has 0 fully saturated rings. The van der Waals surface area contributed by atoms with Crippen LogP contribution in [0.25, 0.3) is 0 Å². The lowest BCUT2D eigenvalue weighted by Crippen LogP contribution is -2.40. The molecule has 1 unspecified atom stereocenters. The molecule has 2 N–H and O–H groups in total. The summed E-state index contributed by atoms with van der Waals surface area (Å²) in [7, 11) is -2.14. The van der Waals surface area contributed by atoms with Crippen molar-refractivity contribution in [2.45, 2.75) is 17.9 Å². The normalized spacial score (nSPS) is 12.8. The number of benzene rings is 2. The Morgan fingerprint density at radius 1 is 1.19 bits per heavy atom. The molecule has 5 nitrogen and oxygen atoms in total. The van der Waals surface area contributed by atoms with Crippen molar-refractivity contribution in [2.24, 2.45) is 4.99 Å². The zero-order valence-electron chi connectivity index (χ0n) is 14.9. The van der Waals surface area contributed by atoms with E-state index in [2.05, 4.69) is 15.6 Å². The molecule has 9 heteroatoms. The van der Waals surface area contributed by atoms with Gasteiger partial charge in [0, 0.05) is 18.6 Å². The van der Waals surface area contributed by atoms with E-state index in [1.807, 2.05) is 25.1 Å². The predicted molar refractivity (Wildman–Crippen MR) is 118 cm³/mol. The molecule has 148 valence electrons. The number of hydrogen-bond acceptors (Lipinski definition) is 3. The van der Waals surface area contributed by atoms with Crippen LogP contribution in [-0.4, -0.2) is 33.7 Å². The molecule has 2 rings (SSSR count). The van der Waals surface area contributed by atoms with Crippen molar-refractivity contribution in [1.29, 1.82) is 0 Å². The SMILES string of the molecule is CN=C(NCCS(=O)(=O)c1ccccc1F)NC(C)c1ccccc1Cl.I. The maximum Gasteiger partial charge on any atom is 0.191 e. The molecule has 0 amide bonds. The van der Waals surface area contributed by atoms with Crippen LogP contribution in [0, 0.1) is 5.82 Å². The van der Waals surface area contributed by atoms with Gasteiger partial charge in [-0.2, -0.15) is 0 Å². The quantitative estimate of drug-likeness (QED) is 0.342. The molecule has 0 saturated carbocycles. The first-order valence-corrected chi connectivity index (χ1v) is 10.1. The third-order valence-corrected chi connectivity index (χ3v) is 5.87. The first-order chi connectivity index (χ1) is 12.3. The minimum absolute atomic E-state index is 0. The highest BCUT2D eigenvalue weighted by Gasteiger charge is 2.18. The lowest BCUT2D eigenvalue weighted by atomic mass is 10.1. The minimum atomic E-state index is -3.72. The molecular weight excluding hydrogens is 504 g/mol. The van der Waals surface area contributed by atoms with Gasteiger partial charge in [-0.25, -0.2) is 12.8 Å². The number of nitrogens with one attached hydrogen (secondary N) is 2. The van der Waals surface area contributed by atoms with Crippen molar-refractivity contribution in [1.82, 2.24) is 10.6 Å². The predicted octanol–water partition coefficient (Wildman–Crippen LogP) is 3.80. The van der Waals surface area contributed by atoms with Gasteiger partial charge >= 0.3 is 0 Å². The summed E-state index contributed by atoms with van der Waals surface area (Å²) in [5.74, 6) is -0.571. The summed E-state index contributed by atoms with van der Waals surface area (Å²) in [5, 5.41) is 6.71. The van der Waals surface area contributed by atoms with Crippen LogP contribution in [0.15, 0.2) is 58.4 Å². The van der Waals surface area contributed by atoms with E-state index in [-0.39, 0.29) is 47.2 Å². The van der Waals surface area contributed by atoms with Crippen LogP contribution < -0.4 is 10.6 Å². The summed E-state index contributed by atoms with van der Waals surface area (Å²) in [5.41, 5.74) is 0.899. The van der Waals surface area contributed by atoms with Crippen LogP contribution in [0.2, 0.25) is 5.02 Å². The fourth-order valence-electron chi connectivity index (χ4n) is 2.41. The number of halogens is 3. The Bertz CT molecular complexity index is 894. The van der Waals surface area contributed by atoms with Crippen molar-refractivity contribution in [3.8, 4) is 0 Å². The van der Waals surface area contributed by atoms with Gasteiger partial charge in [-0.1, -0.05) is 41.9 Å². The Hall–Kier alpha value is -1.39. The number of aliphatic imine (C=N–C) groups is 1. The minimum Gasteiger partial charge on any atom is -0.355 e. The first-order valence-electron chi connectivity index (χ1n) is 8.04. The molecular formula is C18H22ClFIN3O2S. The van der Waals surface area contributed by atoms with Crippen molar-refractivity contribution >= 4 is 51.4 Å². The van der Waals surface area contributed by atoms with Gasteiger partial charge in [0.15, 0.2) is 15.8 Å². The Balaban J connectivity index is 0.00000364. The first kappa shape index (κ1) is 23.6. The van der Waals surface area contributed by atoms with E-state index < -0.39 is 15.7 Å². The van der Waals surface area contributed by atoms with Crippen LogP contribution in [-0.2, 0) is 9.84 Å². The molecule has 27 heavy (non-hydrogen) atoms. The molecule has 0 aromatic heterocycles. The molecule has 0 saturated heterocycles. The molecule has 0 aliphatic rings. The summed E-state index contributed by atoms with van der Waals surface area (Å²) >= 11 is 6.18. The Morgan fingerprint density at radius 2 is 1.81 bits per heavy atom. The summed E-state index contributed by atoms with van der Waals surface area (Å²) in [6, 6.07) is 12.6. The van der Waals surface area contributed by atoms with E-state index in [9.17, 15) is 12.8 Å². The largest absolute Gasteiger partial charge is 0.355 e. The van der Waals surface area contributed by atoms with E-state index in [0.29, 0.717) is 11.0 Å². The average Bonchev–Trinajstić information content (AvgIpc) is 2.61. The van der Waals surface area contributed by atoms with E-state index in [1.54, 1.807) is 13.1 Å². The number of nitrogens with zero attached hydrogens (tertiary/aromatic N) is 1. The zero-order valence-corrected chi connectivity index (χ0v) is 18.8. The topological polar surface area (TPSA) is 70.6 Å². The highest BCUT2D eigenvalue weighted by Crippen LogP contribution is 2.22. The van der Waals surface area contributed by atoms with Crippen molar-refractivity contribution < 1.29 is 12.8 Å². The molecule has 2 aromatic rings. The third kappa shape index (κ3) is 6.62. The Kier molecular flexibility index (Phi) is 9.48. The maximum absolute atomic E-state index is 13.7. The monoisotopic (exact) mass is 525 g/mol. The van der Waals surface area contributed by atoms with Gasteiger partial charge in [0.1, 0.15) is 10.7 Å². The molecule has 0 radical (unpaired) electrons. The second-order valence-electron chi connectivity index (χ2n) is 5.64. The van der Waals surface area contributed by atoms with Crippen molar-refractivity contribution in [3.63, 3.8) is 0 Å². The third-order valence-electron chi connectivity index (χ3n) is 3.78. The standard InChI is InChI=1S/C18H21ClFN3O2S.HI/c1-13(14-7-3-4-8-15(14)19)23-18(21-2)22-11-12-26(24,25)17-10-6-5-9-16(17)20;/h3-10,13H,11-12H2,1-2H3,(H2,21,22,23);1H. The van der Waals surface area contributed by atoms with Crippen molar-refractivity contribution in [3.05, 3.63) is 64.9 Å². The van der Waals surface area contributed by atoms with E-state index >= 15 is 0 Å². The number of hydrogen-bond donors (Lipinski definition) is 2. The number of sulfone groups is 1. The molecule has 0 bridgehead atoms. The second-order valence-corrected chi connectivity index (χ2v) is 8.12. The molecule has 0 spiro atoms. The zero-order chi connectivity index (χ0) is 19.2. The Morgan fingerprint density at radius 3 is 2.44 bits per heavy atom. The van der Waals surface area contributed by atoms with E-state index in [0.717, 1.165) is 11.6 Å². The molecule has 2 aromatic carbocycles. The highest BCUT2D eigenvalue weighted by atomic mass is 127. The summed E-state index contributed by atoms with van der Waals surface area (Å²) in [6.07, 6.45) is 0. The van der Waals surface area contributed by atoms with Crippen LogP contribution in [0.3, 0.4) is 0 Å². The van der Waals surface area contributed by atoms with Crippen LogP contribution in [0.4, 0.5) is 4.39 Å². The van der Waals surface area contributed by atoms with Gasteiger partial charge in [-0.05, 0) is 30.7 Å². The fraction of sp³-hybridized carbons (Fsp3) is 0.278. The molecule has 0 aliphatic carbocycles. The number of rotatable bonds is 6. The highest BCUT2D eigenvalue weighted by molar-refractivity contribution is 14.0. The summed E-state index contributed by atoms with van der Waals surface area (Å²) in [4.78, 5) is 3.78. The lowest BCUT2D eigenvalue weighted by Gasteiger charge is -2.19. The van der Waals surface area contributed by atoms with Gasteiger partial charge < -0.3 is 10.6 Å². The molecule has 0 aliphatic heterocycles. The molecule has 0 heterocycles. The van der Waals surface area contributed by atoms with Gasteiger partial charge in [0.25, 0.3) is 0 Å². The fourth-order valence-corrected chi connectivity index (χ4v) is 3.96. The van der Waals surface area contributed by atoms with Crippen LogP contribution >= 0.6 is 35.6 Å². The maximum atomic E-state index is 13.7. The lowest BCUT2D eigenvalue weighted by molar-refractivity contribution is 0.566.